The summed E-state index contributed by atoms with van der Waals surface area (Å²) in [6, 6.07) is 9.25. The average molecular weight is 305 g/mol. The monoisotopic (exact) mass is 305 g/mol. The lowest BCUT2D eigenvalue weighted by atomic mass is 9.85. The van der Waals surface area contributed by atoms with Crippen LogP contribution < -0.4 is 4.90 Å². The number of aromatic hydroxyl groups is 1. The summed E-state index contributed by atoms with van der Waals surface area (Å²) in [5, 5.41) is 10.4. The molecule has 0 atom stereocenters. The number of rotatable bonds is 3. The molecule has 0 bridgehead atoms. The van der Waals surface area contributed by atoms with Gasteiger partial charge in [0.05, 0.1) is 0 Å². The smallest absolute Gasteiger partial charge is 0.149 e. The zero-order chi connectivity index (χ0) is 16.5. The molecule has 22 heavy (non-hydrogen) atoms. The van der Waals surface area contributed by atoms with E-state index in [0.29, 0.717) is 5.56 Å². The van der Waals surface area contributed by atoms with Gasteiger partial charge in [-0.1, -0.05) is 45.0 Å². The number of hydrogen-bond acceptors (Lipinski definition) is 2. The Labute approximate surface area is 130 Å². The molecule has 0 saturated carbocycles. The fourth-order valence-electron chi connectivity index (χ4n) is 2.51. The van der Waals surface area contributed by atoms with Crippen molar-refractivity contribution in [2.24, 2.45) is 0 Å². The summed E-state index contributed by atoms with van der Waals surface area (Å²) in [6.07, 6.45) is 0. The normalized spacial score (nSPS) is 11.5. The predicted molar refractivity (Wildman–Crippen MR) is 85.3 cm³/mol. The highest BCUT2D eigenvalue weighted by molar-refractivity contribution is 5.51. The van der Waals surface area contributed by atoms with E-state index in [1.54, 1.807) is 13.1 Å². The maximum Gasteiger partial charge on any atom is 0.149 e. The molecule has 118 valence electrons. The molecule has 0 aliphatic heterocycles. The van der Waals surface area contributed by atoms with Crippen LogP contribution in [0.1, 0.15) is 31.9 Å². The van der Waals surface area contributed by atoms with Crippen molar-refractivity contribution in [2.75, 3.05) is 11.9 Å². The molecule has 0 spiro atoms. The van der Waals surface area contributed by atoms with Crippen LogP contribution in [0.15, 0.2) is 36.4 Å². The summed E-state index contributed by atoms with van der Waals surface area (Å²) < 4.78 is 27.7. The molecule has 0 aromatic heterocycles. The van der Waals surface area contributed by atoms with Crippen LogP contribution in [0.2, 0.25) is 0 Å². The molecule has 2 rings (SSSR count). The summed E-state index contributed by atoms with van der Waals surface area (Å²) in [5.41, 5.74) is 1.15. The van der Waals surface area contributed by atoms with Crippen LogP contribution in [0.25, 0.3) is 0 Å². The minimum Gasteiger partial charge on any atom is -0.507 e. The quantitative estimate of drug-likeness (QED) is 0.895. The van der Waals surface area contributed by atoms with Crippen LogP contribution in [0, 0.1) is 11.6 Å². The Morgan fingerprint density at radius 2 is 1.55 bits per heavy atom. The molecule has 2 aromatic rings. The Bertz CT molecular complexity index is 657. The predicted octanol–water partition coefficient (Wildman–Crippen LogP) is 4.60. The van der Waals surface area contributed by atoms with Gasteiger partial charge in [-0.05, 0) is 23.1 Å². The average Bonchev–Trinajstić information content (AvgIpc) is 2.39. The molecule has 0 amide bonds. The number of para-hydroxylation sites is 2. The summed E-state index contributed by atoms with van der Waals surface area (Å²) in [7, 11) is 1.60. The maximum atomic E-state index is 13.8. The largest absolute Gasteiger partial charge is 0.507 e. The Hall–Kier alpha value is -2.10. The van der Waals surface area contributed by atoms with Gasteiger partial charge in [0.15, 0.2) is 0 Å². The molecule has 4 heteroatoms. The minimum atomic E-state index is -0.617. The molecule has 0 aliphatic carbocycles. The third-order valence-corrected chi connectivity index (χ3v) is 3.65. The molecule has 1 N–H and O–H groups in total. The van der Waals surface area contributed by atoms with E-state index in [-0.39, 0.29) is 23.4 Å². The van der Waals surface area contributed by atoms with Gasteiger partial charge >= 0.3 is 0 Å². The highest BCUT2D eigenvalue weighted by atomic mass is 19.1. The van der Waals surface area contributed by atoms with Gasteiger partial charge < -0.3 is 10.0 Å². The van der Waals surface area contributed by atoms with Crippen LogP contribution in [0.3, 0.4) is 0 Å². The Balaban J connectivity index is 2.36. The lowest BCUT2D eigenvalue weighted by Crippen LogP contribution is -2.20. The van der Waals surface area contributed by atoms with Crippen molar-refractivity contribution in [1.29, 1.82) is 0 Å². The third kappa shape index (κ3) is 3.21. The number of benzene rings is 2. The summed E-state index contributed by atoms with van der Waals surface area (Å²) in [4.78, 5) is 1.46. The van der Waals surface area contributed by atoms with Crippen molar-refractivity contribution in [2.45, 2.75) is 32.7 Å². The van der Waals surface area contributed by atoms with E-state index < -0.39 is 11.6 Å². The number of nitrogens with zero attached hydrogens (tertiary/aromatic N) is 1. The van der Waals surface area contributed by atoms with Gasteiger partial charge in [-0.3, -0.25) is 0 Å². The van der Waals surface area contributed by atoms with E-state index in [2.05, 4.69) is 0 Å². The fraction of sp³-hybridized carbons (Fsp3) is 0.333. The molecule has 0 radical (unpaired) electrons. The van der Waals surface area contributed by atoms with Crippen molar-refractivity contribution >= 4 is 5.69 Å². The number of halogens is 2. The van der Waals surface area contributed by atoms with Crippen LogP contribution in [-0.4, -0.2) is 12.2 Å². The van der Waals surface area contributed by atoms with E-state index in [0.717, 1.165) is 5.56 Å². The van der Waals surface area contributed by atoms with Gasteiger partial charge in [0.25, 0.3) is 0 Å². The second-order valence-electron chi connectivity index (χ2n) is 6.49. The fourth-order valence-corrected chi connectivity index (χ4v) is 2.51. The molecule has 2 nitrogen and oxygen atoms in total. The van der Waals surface area contributed by atoms with Crippen LogP contribution >= 0.6 is 0 Å². The molecule has 2 aromatic carbocycles. The van der Waals surface area contributed by atoms with Crippen molar-refractivity contribution < 1.29 is 13.9 Å². The van der Waals surface area contributed by atoms with Gasteiger partial charge in [-0.2, -0.15) is 0 Å². The summed E-state index contributed by atoms with van der Waals surface area (Å²) in [5.74, 6) is -1.05. The molecular weight excluding hydrogens is 284 g/mol. The Kier molecular flexibility index (Phi) is 4.40. The first kappa shape index (κ1) is 16.3. The summed E-state index contributed by atoms with van der Waals surface area (Å²) >= 11 is 0. The van der Waals surface area contributed by atoms with Gasteiger partial charge in [-0.15, -0.1) is 0 Å². The van der Waals surface area contributed by atoms with Gasteiger partial charge in [0, 0.05) is 19.2 Å². The first-order valence-corrected chi connectivity index (χ1v) is 7.18. The molecule has 0 saturated heterocycles. The van der Waals surface area contributed by atoms with Crippen molar-refractivity contribution in [3.8, 4) is 5.75 Å². The number of phenolic OH excluding ortho intramolecular Hbond substituents is 1. The molecule has 0 fully saturated rings. The molecule has 0 unspecified atom stereocenters. The van der Waals surface area contributed by atoms with Gasteiger partial charge in [0.1, 0.15) is 23.1 Å². The first-order chi connectivity index (χ1) is 10.2. The third-order valence-electron chi connectivity index (χ3n) is 3.65. The van der Waals surface area contributed by atoms with E-state index in [9.17, 15) is 13.9 Å². The highest BCUT2D eigenvalue weighted by Gasteiger charge is 2.21. The van der Waals surface area contributed by atoms with Gasteiger partial charge in [0.2, 0.25) is 0 Å². The van der Waals surface area contributed by atoms with Crippen molar-refractivity contribution in [3.63, 3.8) is 0 Å². The lowest BCUT2D eigenvalue weighted by molar-refractivity contribution is 0.439. The lowest BCUT2D eigenvalue weighted by Gasteiger charge is -2.25. The SMILES string of the molecule is CN(Cc1cccc(C(C)(C)C)c1O)c1c(F)cccc1F. The van der Waals surface area contributed by atoms with E-state index in [1.165, 1.54) is 23.1 Å². The van der Waals surface area contributed by atoms with Crippen LogP contribution in [0.4, 0.5) is 14.5 Å². The number of anilines is 1. The topological polar surface area (TPSA) is 23.5 Å². The number of phenols is 1. The zero-order valence-electron chi connectivity index (χ0n) is 13.3. The second kappa shape index (κ2) is 5.95. The standard InChI is InChI=1S/C18H21F2NO/c1-18(2,3)13-8-5-7-12(17(13)22)11-21(4)16-14(19)9-6-10-15(16)20/h5-10,22H,11H2,1-4H3. The van der Waals surface area contributed by atoms with Crippen molar-refractivity contribution in [1.82, 2.24) is 0 Å². The molecular formula is C18H21F2NO. The van der Waals surface area contributed by atoms with E-state index in [1.807, 2.05) is 32.9 Å². The minimum absolute atomic E-state index is 0.0944. The molecule has 0 aliphatic rings. The summed E-state index contributed by atoms with van der Waals surface area (Å²) in [6.45, 7) is 6.23. The second-order valence-corrected chi connectivity index (χ2v) is 6.49. The maximum absolute atomic E-state index is 13.8. The first-order valence-electron chi connectivity index (χ1n) is 7.18. The molecule has 0 heterocycles. The van der Waals surface area contributed by atoms with E-state index >= 15 is 0 Å². The Morgan fingerprint density at radius 1 is 1.00 bits per heavy atom. The number of hydrogen-bond donors (Lipinski definition) is 1. The van der Waals surface area contributed by atoms with Crippen molar-refractivity contribution in [3.05, 3.63) is 59.2 Å². The Morgan fingerprint density at radius 3 is 2.09 bits per heavy atom. The van der Waals surface area contributed by atoms with Crippen LogP contribution in [0.5, 0.6) is 5.75 Å². The van der Waals surface area contributed by atoms with E-state index in [4.69, 9.17) is 0 Å². The van der Waals surface area contributed by atoms with Crippen LogP contribution in [-0.2, 0) is 12.0 Å². The zero-order valence-corrected chi connectivity index (χ0v) is 13.3. The highest BCUT2D eigenvalue weighted by Crippen LogP contribution is 2.34. The van der Waals surface area contributed by atoms with Gasteiger partial charge in [-0.25, -0.2) is 8.78 Å².